The van der Waals surface area contributed by atoms with E-state index in [2.05, 4.69) is 4.99 Å². The maximum absolute atomic E-state index is 13.6. The van der Waals surface area contributed by atoms with Gasteiger partial charge in [0.25, 0.3) is 5.56 Å². The lowest BCUT2D eigenvalue weighted by Crippen LogP contribution is -2.40. The number of allylic oxidation sites excluding steroid dienone is 1. The molecule has 2 aromatic carbocycles. The van der Waals surface area contributed by atoms with Crippen LogP contribution in [0.4, 0.5) is 0 Å². The van der Waals surface area contributed by atoms with Crippen molar-refractivity contribution in [2.75, 3.05) is 13.4 Å². The Bertz CT molecular complexity index is 1420. The molecular formula is C26H26N2O4S2. The first-order chi connectivity index (χ1) is 16.3. The maximum atomic E-state index is 13.6. The summed E-state index contributed by atoms with van der Waals surface area (Å²) in [5, 5.41) is 0. The van der Waals surface area contributed by atoms with E-state index in [1.807, 2.05) is 60.9 Å². The van der Waals surface area contributed by atoms with Gasteiger partial charge >= 0.3 is 5.97 Å². The van der Waals surface area contributed by atoms with Gasteiger partial charge in [-0.1, -0.05) is 35.6 Å². The molecule has 6 nitrogen and oxygen atoms in total. The summed E-state index contributed by atoms with van der Waals surface area (Å²) in [5.74, 6) is 0.288. The molecule has 0 saturated carbocycles. The number of carbonyl (C=O) groups is 1. The molecule has 1 unspecified atom stereocenters. The fourth-order valence-corrected chi connectivity index (χ4v) is 5.27. The van der Waals surface area contributed by atoms with Crippen LogP contribution in [0.5, 0.6) is 5.75 Å². The van der Waals surface area contributed by atoms with Gasteiger partial charge in [0.2, 0.25) is 0 Å². The number of hydrogen-bond donors (Lipinski definition) is 0. The SMILES string of the molecule is COc1ccc(C=c2sc3n(c2=O)C(c2ccc(SC)cc2)C(C(=O)OC(C)C)=C(C)N=3)cc1. The van der Waals surface area contributed by atoms with Crippen LogP contribution in [0.1, 0.15) is 37.9 Å². The van der Waals surface area contributed by atoms with E-state index in [4.69, 9.17) is 9.47 Å². The van der Waals surface area contributed by atoms with E-state index in [9.17, 15) is 9.59 Å². The number of ether oxygens (including phenoxy) is 2. The van der Waals surface area contributed by atoms with Gasteiger partial charge in [0.15, 0.2) is 4.80 Å². The van der Waals surface area contributed by atoms with Crippen LogP contribution >= 0.6 is 23.1 Å². The van der Waals surface area contributed by atoms with Gasteiger partial charge in [0.05, 0.1) is 35.1 Å². The van der Waals surface area contributed by atoms with Gasteiger partial charge < -0.3 is 9.47 Å². The van der Waals surface area contributed by atoms with Gasteiger partial charge in [0, 0.05) is 4.90 Å². The molecule has 8 heteroatoms. The number of aromatic nitrogens is 1. The molecule has 1 aliphatic heterocycles. The van der Waals surface area contributed by atoms with E-state index in [1.165, 1.54) is 11.3 Å². The van der Waals surface area contributed by atoms with Crippen molar-refractivity contribution in [3.8, 4) is 5.75 Å². The number of esters is 1. The molecule has 0 aliphatic carbocycles. The van der Waals surface area contributed by atoms with E-state index in [0.29, 0.717) is 20.6 Å². The molecule has 1 aromatic heterocycles. The lowest BCUT2D eigenvalue weighted by Gasteiger charge is -2.25. The zero-order valence-electron chi connectivity index (χ0n) is 19.7. The number of thioether (sulfide) groups is 1. The number of fused-ring (bicyclic) bond motifs is 1. The number of nitrogens with zero attached hydrogens (tertiary/aromatic N) is 2. The van der Waals surface area contributed by atoms with Crippen molar-refractivity contribution in [2.24, 2.45) is 4.99 Å². The Hall–Kier alpha value is -3.10. The quantitative estimate of drug-likeness (QED) is 0.384. The van der Waals surface area contributed by atoms with Crippen molar-refractivity contribution in [3.63, 3.8) is 0 Å². The number of benzene rings is 2. The van der Waals surface area contributed by atoms with Crippen LogP contribution in [0.25, 0.3) is 6.08 Å². The molecular weight excluding hydrogens is 468 g/mol. The van der Waals surface area contributed by atoms with Crippen LogP contribution in [0.2, 0.25) is 0 Å². The second kappa shape index (κ2) is 10.0. The third kappa shape index (κ3) is 4.74. The van der Waals surface area contributed by atoms with Crippen molar-refractivity contribution in [3.05, 3.63) is 90.6 Å². The summed E-state index contributed by atoms with van der Waals surface area (Å²) in [6.45, 7) is 5.40. The summed E-state index contributed by atoms with van der Waals surface area (Å²) < 4.78 is 12.9. The molecule has 2 heterocycles. The van der Waals surface area contributed by atoms with E-state index >= 15 is 0 Å². The Morgan fingerprint density at radius 2 is 1.82 bits per heavy atom. The van der Waals surface area contributed by atoms with Crippen molar-refractivity contribution < 1.29 is 14.3 Å². The second-order valence-electron chi connectivity index (χ2n) is 8.08. The second-order valence-corrected chi connectivity index (χ2v) is 9.97. The number of carbonyl (C=O) groups excluding carboxylic acids is 1. The summed E-state index contributed by atoms with van der Waals surface area (Å²) in [7, 11) is 1.61. The largest absolute Gasteiger partial charge is 0.497 e. The third-order valence-electron chi connectivity index (χ3n) is 5.43. The number of hydrogen-bond acceptors (Lipinski definition) is 7. The van der Waals surface area contributed by atoms with Crippen molar-refractivity contribution in [1.82, 2.24) is 4.57 Å². The zero-order chi connectivity index (χ0) is 24.4. The first kappa shape index (κ1) is 24.0. The fourth-order valence-electron chi connectivity index (χ4n) is 3.81. The zero-order valence-corrected chi connectivity index (χ0v) is 21.3. The smallest absolute Gasteiger partial charge is 0.338 e. The van der Waals surface area contributed by atoms with Gasteiger partial charge in [-0.2, -0.15) is 0 Å². The van der Waals surface area contributed by atoms with Gasteiger partial charge in [0.1, 0.15) is 5.75 Å². The maximum Gasteiger partial charge on any atom is 0.338 e. The minimum absolute atomic E-state index is 0.194. The Kier molecular flexibility index (Phi) is 7.09. The van der Waals surface area contributed by atoms with E-state index in [1.54, 1.807) is 44.2 Å². The third-order valence-corrected chi connectivity index (χ3v) is 7.16. The molecule has 1 atom stereocenters. The molecule has 34 heavy (non-hydrogen) atoms. The number of methoxy groups -OCH3 is 1. The molecule has 0 saturated heterocycles. The minimum atomic E-state index is -0.614. The highest BCUT2D eigenvalue weighted by atomic mass is 32.2. The molecule has 0 radical (unpaired) electrons. The Morgan fingerprint density at radius 1 is 1.15 bits per heavy atom. The average Bonchev–Trinajstić information content (AvgIpc) is 3.12. The molecule has 3 aromatic rings. The average molecular weight is 495 g/mol. The molecule has 0 spiro atoms. The van der Waals surface area contributed by atoms with Gasteiger partial charge in [-0.25, -0.2) is 9.79 Å². The normalized spacial score (nSPS) is 15.8. The summed E-state index contributed by atoms with van der Waals surface area (Å²) in [4.78, 5) is 33.0. The topological polar surface area (TPSA) is 69.9 Å². The molecule has 0 fully saturated rings. The number of thiazole rings is 1. The van der Waals surface area contributed by atoms with Crippen molar-refractivity contribution in [1.29, 1.82) is 0 Å². The summed E-state index contributed by atoms with van der Waals surface area (Å²) >= 11 is 2.95. The molecule has 0 bridgehead atoms. The first-order valence-corrected chi connectivity index (χ1v) is 12.9. The van der Waals surface area contributed by atoms with Crippen LogP contribution < -0.4 is 19.6 Å². The molecule has 4 rings (SSSR count). The van der Waals surface area contributed by atoms with Crippen molar-refractivity contribution in [2.45, 2.75) is 37.8 Å². The van der Waals surface area contributed by atoms with Crippen LogP contribution in [0, 0.1) is 0 Å². The van der Waals surface area contributed by atoms with Crippen LogP contribution in [-0.2, 0) is 9.53 Å². The van der Waals surface area contributed by atoms with Crippen LogP contribution in [0.3, 0.4) is 0 Å². The molecule has 1 aliphatic rings. The lowest BCUT2D eigenvalue weighted by molar-refractivity contribution is -0.143. The summed E-state index contributed by atoms with van der Waals surface area (Å²) in [6.07, 6.45) is 3.56. The predicted octanol–water partition coefficient (Wildman–Crippen LogP) is 3.92. The summed E-state index contributed by atoms with van der Waals surface area (Å²) in [6, 6.07) is 14.8. The van der Waals surface area contributed by atoms with E-state index in [0.717, 1.165) is 21.8 Å². The van der Waals surface area contributed by atoms with Gasteiger partial charge in [-0.3, -0.25) is 9.36 Å². The Morgan fingerprint density at radius 3 is 2.41 bits per heavy atom. The highest BCUT2D eigenvalue weighted by Gasteiger charge is 2.33. The monoisotopic (exact) mass is 494 g/mol. The molecule has 0 N–H and O–H groups in total. The predicted molar refractivity (Wildman–Crippen MR) is 136 cm³/mol. The first-order valence-electron chi connectivity index (χ1n) is 10.8. The lowest BCUT2D eigenvalue weighted by atomic mass is 9.96. The standard InChI is InChI=1S/C26H26N2O4S2/c1-15(2)32-25(30)22-16(3)27-26-28(23(22)18-8-12-20(33-5)13-9-18)24(29)21(34-26)14-17-6-10-19(31-4)11-7-17/h6-15,23H,1-5H3. The van der Waals surface area contributed by atoms with E-state index < -0.39 is 12.0 Å². The Balaban J connectivity index is 1.90. The highest BCUT2D eigenvalue weighted by Crippen LogP contribution is 2.32. The van der Waals surface area contributed by atoms with Crippen LogP contribution in [-0.4, -0.2) is 30.0 Å². The van der Waals surface area contributed by atoms with Gasteiger partial charge in [-0.15, -0.1) is 11.8 Å². The van der Waals surface area contributed by atoms with Crippen molar-refractivity contribution >= 4 is 35.1 Å². The van der Waals surface area contributed by atoms with E-state index in [-0.39, 0.29) is 11.7 Å². The molecule has 176 valence electrons. The highest BCUT2D eigenvalue weighted by molar-refractivity contribution is 7.98. The van der Waals surface area contributed by atoms with Crippen LogP contribution in [0.15, 0.2) is 74.5 Å². The fraction of sp³-hybridized carbons (Fsp3) is 0.269. The Labute approximate surface area is 206 Å². The van der Waals surface area contributed by atoms with Gasteiger partial charge in [-0.05, 0) is 68.5 Å². The molecule has 0 amide bonds. The minimum Gasteiger partial charge on any atom is -0.497 e. The summed E-state index contributed by atoms with van der Waals surface area (Å²) in [5.41, 5.74) is 2.46. The number of rotatable bonds is 6.